The zero-order valence-electron chi connectivity index (χ0n) is 10.9. The fourth-order valence-corrected chi connectivity index (χ4v) is 1.64. The predicted octanol–water partition coefficient (Wildman–Crippen LogP) is 1.76. The number of hydrogen-bond donors (Lipinski definition) is 4. The third kappa shape index (κ3) is 3.62. The zero-order valence-corrected chi connectivity index (χ0v) is 10.9. The molecule has 126 valence electrons. The molecule has 10 heteroatoms. The van der Waals surface area contributed by atoms with Gasteiger partial charge in [0.2, 0.25) is 0 Å². The molecule has 0 bridgehead atoms. The molecule has 0 spiro atoms. The quantitative estimate of drug-likeness (QED) is 0.620. The summed E-state index contributed by atoms with van der Waals surface area (Å²) < 4.78 is 76.3. The summed E-state index contributed by atoms with van der Waals surface area (Å²) in [6.07, 6.45) is -13.2. The lowest BCUT2D eigenvalue weighted by atomic mass is 9.92. The first-order valence-electron chi connectivity index (χ1n) is 5.92. The maximum Gasteiger partial charge on any atom is 0.430 e. The van der Waals surface area contributed by atoms with Gasteiger partial charge in [-0.1, -0.05) is 12.1 Å². The van der Waals surface area contributed by atoms with Crippen LogP contribution in [0.4, 0.5) is 32.0 Å². The molecule has 0 amide bonds. The molecule has 0 saturated heterocycles. The van der Waals surface area contributed by atoms with Gasteiger partial charge in [0.25, 0.3) is 5.60 Å². The third-order valence-corrected chi connectivity index (χ3v) is 2.85. The standard InChI is InChI=1S/C12H13F6NO3/c13-11(14,15)10(22,12(16,17)18)7-2-1-3-8(4-7)19-5-9(21)6-20/h1-4,9,19-22H,5-6H2. The molecule has 1 aromatic carbocycles. The molecule has 0 aliphatic rings. The van der Waals surface area contributed by atoms with Crippen LogP contribution in [0.15, 0.2) is 24.3 Å². The average Bonchev–Trinajstić information content (AvgIpc) is 2.41. The van der Waals surface area contributed by atoms with E-state index in [-0.39, 0.29) is 12.2 Å². The van der Waals surface area contributed by atoms with Crippen LogP contribution in [0.1, 0.15) is 5.56 Å². The van der Waals surface area contributed by atoms with Crippen LogP contribution in [0, 0.1) is 0 Å². The highest BCUT2D eigenvalue weighted by molar-refractivity contribution is 5.48. The number of alkyl halides is 6. The second-order valence-corrected chi connectivity index (χ2v) is 4.50. The minimum absolute atomic E-state index is 0.183. The number of anilines is 1. The van der Waals surface area contributed by atoms with Crippen molar-refractivity contribution < 1.29 is 41.7 Å². The van der Waals surface area contributed by atoms with Crippen molar-refractivity contribution >= 4 is 5.69 Å². The lowest BCUT2D eigenvalue weighted by Crippen LogP contribution is -2.53. The summed E-state index contributed by atoms with van der Waals surface area (Å²) in [5.41, 5.74) is -6.60. The Kier molecular flexibility index (Phi) is 5.31. The Morgan fingerprint density at radius 2 is 1.59 bits per heavy atom. The van der Waals surface area contributed by atoms with E-state index in [0.717, 1.165) is 12.1 Å². The number of hydrogen-bond acceptors (Lipinski definition) is 4. The lowest BCUT2D eigenvalue weighted by Gasteiger charge is -2.32. The van der Waals surface area contributed by atoms with Gasteiger partial charge in [-0.15, -0.1) is 0 Å². The Hall–Kier alpha value is -1.52. The highest BCUT2D eigenvalue weighted by Crippen LogP contribution is 2.50. The summed E-state index contributed by atoms with van der Waals surface area (Å²) in [7, 11) is 0. The number of aliphatic hydroxyl groups is 3. The van der Waals surface area contributed by atoms with Gasteiger partial charge < -0.3 is 20.6 Å². The Balaban J connectivity index is 3.18. The van der Waals surface area contributed by atoms with Gasteiger partial charge in [-0.2, -0.15) is 26.3 Å². The van der Waals surface area contributed by atoms with Gasteiger partial charge in [0.15, 0.2) is 0 Å². The van der Waals surface area contributed by atoms with Gasteiger partial charge in [-0.3, -0.25) is 0 Å². The summed E-state index contributed by atoms with van der Waals surface area (Å²) in [5.74, 6) is 0. The highest BCUT2D eigenvalue weighted by Gasteiger charge is 2.71. The van der Waals surface area contributed by atoms with Crippen molar-refractivity contribution in [2.24, 2.45) is 0 Å². The molecule has 0 aromatic heterocycles. The average molecular weight is 333 g/mol. The number of nitrogens with one attached hydrogen (secondary N) is 1. The second-order valence-electron chi connectivity index (χ2n) is 4.50. The van der Waals surface area contributed by atoms with Crippen molar-refractivity contribution in [1.82, 2.24) is 0 Å². The number of aliphatic hydroxyl groups excluding tert-OH is 2. The van der Waals surface area contributed by atoms with Crippen LogP contribution in [0.2, 0.25) is 0 Å². The topological polar surface area (TPSA) is 72.7 Å². The van der Waals surface area contributed by atoms with E-state index < -0.39 is 36.2 Å². The molecular weight excluding hydrogens is 320 g/mol. The van der Waals surface area contributed by atoms with E-state index in [1.165, 1.54) is 0 Å². The van der Waals surface area contributed by atoms with Gasteiger partial charge in [0, 0.05) is 17.8 Å². The van der Waals surface area contributed by atoms with Crippen LogP contribution in [-0.4, -0.2) is 46.9 Å². The fourth-order valence-electron chi connectivity index (χ4n) is 1.64. The first kappa shape index (κ1) is 18.5. The van der Waals surface area contributed by atoms with Crippen molar-refractivity contribution in [3.8, 4) is 0 Å². The molecule has 1 aromatic rings. The largest absolute Gasteiger partial charge is 0.430 e. The Bertz CT molecular complexity index is 488. The summed E-state index contributed by atoms with van der Waals surface area (Å²) in [6, 6.07) is 3.02. The molecule has 1 atom stereocenters. The van der Waals surface area contributed by atoms with Gasteiger partial charge in [-0.05, 0) is 12.1 Å². The first-order valence-corrected chi connectivity index (χ1v) is 5.92. The van der Waals surface area contributed by atoms with Crippen LogP contribution >= 0.6 is 0 Å². The molecule has 0 fully saturated rings. The van der Waals surface area contributed by atoms with Gasteiger partial charge in [-0.25, -0.2) is 0 Å². The second kappa shape index (κ2) is 6.31. The van der Waals surface area contributed by atoms with Gasteiger partial charge >= 0.3 is 12.4 Å². The van der Waals surface area contributed by atoms with E-state index in [1.807, 2.05) is 0 Å². The molecule has 1 rings (SSSR count). The Morgan fingerprint density at radius 3 is 2.05 bits per heavy atom. The van der Waals surface area contributed by atoms with Crippen LogP contribution in [-0.2, 0) is 5.60 Å². The Morgan fingerprint density at radius 1 is 1.05 bits per heavy atom. The molecule has 4 nitrogen and oxygen atoms in total. The zero-order chi connectivity index (χ0) is 17.2. The maximum absolute atomic E-state index is 12.7. The van der Waals surface area contributed by atoms with Crippen LogP contribution in [0.5, 0.6) is 0 Å². The normalized spacial score (nSPS) is 14.8. The molecule has 0 aliphatic heterocycles. The van der Waals surface area contributed by atoms with Crippen molar-refractivity contribution in [2.75, 3.05) is 18.5 Å². The predicted molar refractivity (Wildman–Crippen MR) is 64.0 cm³/mol. The third-order valence-electron chi connectivity index (χ3n) is 2.85. The molecule has 0 aliphatic carbocycles. The minimum Gasteiger partial charge on any atom is -0.394 e. The molecule has 0 heterocycles. The molecule has 0 saturated carbocycles. The number of rotatable bonds is 5. The molecular formula is C12H13F6NO3. The van der Waals surface area contributed by atoms with Crippen molar-refractivity contribution in [3.63, 3.8) is 0 Å². The first-order chi connectivity index (χ1) is 9.93. The van der Waals surface area contributed by atoms with E-state index in [2.05, 4.69) is 5.32 Å². The van der Waals surface area contributed by atoms with Crippen LogP contribution < -0.4 is 5.32 Å². The summed E-state index contributed by atoms with van der Waals surface area (Å²) in [5, 5.41) is 29.3. The molecule has 0 radical (unpaired) electrons. The molecule has 22 heavy (non-hydrogen) atoms. The molecule has 1 unspecified atom stereocenters. The Labute approximate surface area is 121 Å². The van der Waals surface area contributed by atoms with E-state index in [9.17, 15) is 31.4 Å². The molecule has 4 N–H and O–H groups in total. The van der Waals surface area contributed by atoms with Gasteiger partial charge in [0.1, 0.15) is 0 Å². The van der Waals surface area contributed by atoms with E-state index in [4.69, 9.17) is 10.2 Å². The van der Waals surface area contributed by atoms with Gasteiger partial charge in [0.05, 0.1) is 12.7 Å². The summed E-state index contributed by atoms with van der Waals surface area (Å²) in [6.45, 7) is -0.932. The number of halogens is 6. The maximum atomic E-state index is 12.7. The monoisotopic (exact) mass is 333 g/mol. The SMILES string of the molecule is OCC(O)CNc1cccc(C(O)(C(F)(F)F)C(F)(F)F)c1. The summed E-state index contributed by atoms with van der Waals surface area (Å²) in [4.78, 5) is 0. The van der Waals surface area contributed by atoms with E-state index >= 15 is 0 Å². The van der Waals surface area contributed by atoms with Crippen molar-refractivity contribution in [2.45, 2.75) is 24.1 Å². The summed E-state index contributed by atoms with van der Waals surface area (Å²) >= 11 is 0. The van der Waals surface area contributed by atoms with Crippen LogP contribution in [0.3, 0.4) is 0 Å². The number of benzene rings is 1. The lowest BCUT2D eigenvalue weighted by molar-refractivity contribution is -0.376. The minimum atomic E-state index is -5.96. The van der Waals surface area contributed by atoms with Crippen molar-refractivity contribution in [1.29, 1.82) is 0 Å². The van der Waals surface area contributed by atoms with E-state index in [0.29, 0.717) is 12.1 Å². The van der Waals surface area contributed by atoms with Crippen molar-refractivity contribution in [3.05, 3.63) is 29.8 Å². The van der Waals surface area contributed by atoms with E-state index in [1.54, 1.807) is 0 Å². The smallest absolute Gasteiger partial charge is 0.394 e. The fraction of sp³-hybridized carbons (Fsp3) is 0.500. The highest BCUT2D eigenvalue weighted by atomic mass is 19.4. The van der Waals surface area contributed by atoms with Crippen LogP contribution in [0.25, 0.3) is 0 Å².